The van der Waals surface area contributed by atoms with E-state index in [2.05, 4.69) is 37.2 Å². The molecule has 1 heterocycles. The number of amides is 2. The molecule has 112 valence electrons. The molecule has 3 rings (SSSR count). The number of rotatable bonds is 3. The molecular weight excluding hydrogens is 400 g/mol. The number of nitrogens with one attached hydrogen (secondary N) is 1. The van der Waals surface area contributed by atoms with Crippen molar-refractivity contribution in [3.8, 4) is 0 Å². The van der Waals surface area contributed by atoms with E-state index in [0.717, 1.165) is 27.5 Å². The van der Waals surface area contributed by atoms with Crippen LogP contribution in [0.3, 0.4) is 0 Å². The van der Waals surface area contributed by atoms with Gasteiger partial charge in [-0.3, -0.25) is 14.5 Å². The molecule has 1 aliphatic heterocycles. The minimum absolute atomic E-state index is 0.00255. The highest BCUT2D eigenvalue weighted by Gasteiger charge is 2.47. The smallest absolute Gasteiger partial charge is 0.250 e. The van der Waals surface area contributed by atoms with Crippen molar-refractivity contribution in [2.75, 3.05) is 4.90 Å². The summed E-state index contributed by atoms with van der Waals surface area (Å²) in [4.78, 5) is 26.9. The van der Waals surface area contributed by atoms with Gasteiger partial charge in [0.25, 0.3) is 5.91 Å². The SMILES string of the molecule is CCC1C(=O)NC(C2CC2)C(=O)N1c1cc(Br)ccc1Br. The molecule has 1 saturated heterocycles. The summed E-state index contributed by atoms with van der Waals surface area (Å²) < 4.78 is 1.71. The first-order chi connectivity index (χ1) is 10.0. The molecule has 4 nitrogen and oxygen atoms in total. The predicted molar refractivity (Wildman–Crippen MR) is 88.1 cm³/mol. The normalized spacial score (nSPS) is 26.0. The van der Waals surface area contributed by atoms with E-state index in [9.17, 15) is 9.59 Å². The number of carbonyl (C=O) groups excluding carboxylic acids is 2. The Morgan fingerprint density at radius 3 is 2.62 bits per heavy atom. The van der Waals surface area contributed by atoms with Crippen LogP contribution < -0.4 is 10.2 Å². The molecule has 1 aliphatic carbocycles. The van der Waals surface area contributed by atoms with Crippen molar-refractivity contribution in [2.24, 2.45) is 5.92 Å². The lowest BCUT2D eigenvalue weighted by Crippen LogP contribution is -2.64. The molecule has 0 radical (unpaired) electrons. The Balaban J connectivity index is 2.03. The molecule has 21 heavy (non-hydrogen) atoms. The molecule has 0 spiro atoms. The first kappa shape index (κ1) is 15.0. The Bertz CT molecular complexity index is 601. The van der Waals surface area contributed by atoms with Crippen molar-refractivity contribution >= 4 is 49.4 Å². The third kappa shape index (κ3) is 2.75. The van der Waals surface area contributed by atoms with Crippen LogP contribution in [-0.4, -0.2) is 23.9 Å². The third-order valence-corrected chi connectivity index (χ3v) is 5.23. The minimum Gasteiger partial charge on any atom is -0.342 e. The van der Waals surface area contributed by atoms with Gasteiger partial charge in [-0.25, -0.2) is 0 Å². The number of hydrogen-bond acceptors (Lipinski definition) is 2. The van der Waals surface area contributed by atoms with Crippen molar-refractivity contribution in [2.45, 2.75) is 38.3 Å². The van der Waals surface area contributed by atoms with Gasteiger partial charge >= 0.3 is 0 Å². The monoisotopic (exact) mass is 414 g/mol. The molecule has 0 bridgehead atoms. The van der Waals surface area contributed by atoms with Gasteiger partial charge in [0.2, 0.25) is 5.91 Å². The molecule has 1 N–H and O–H groups in total. The lowest BCUT2D eigenvalue weighted by Gasteiger charge is -2.39. The summed E-state index contributed by atoms with van der Waals surface area (Å²) in [5.74, 6) is 0.247. The van der Waals surface area contributed by atoms with Gasteiger partial charge in [0, 0.05) is 8.95 Å². The molecule has 0 aromatic heterocycles. The van der Waals surface area contributed by atoms with Crippen LogP contribution in [0.4, 0.5) is 5.69 Å². The lowest BCUT2D eigenvalue weighted by atomic mass is 10.0. The number of benzene rings is 1. The number of carbonyl (C=O) groups is 2. The lowest BCUT2D eigenvalue weighted by molar-refractivity contribution is -0.134. The van der Waals surface area contributed by atoms with E-state index in [1.54, 1.807) is 4.90 Å². The second-order valence-corrected chi connectivity index (χ2v) is 7.32. The zero-order valence-corrected chi connectivity index (χ0v) is 14.8. The predicted octanol–water partition coefficient (Wildman–Crippen LogP) is 3.23. The standard InChI is InChI=1S/C15H16Br2N2O2/c1-2-11-14(20)18-13(8-3-4-8)15(21)19(11)12-7-9(16)5-6-10(12)17/h5-8,11,13H,2-4H2,1H3,(H,18,20). The molecule has 1 aromatic rings. The number of hydrogen-bond donors (Lipinski definition) is 1. The molecule has 2 fully saturated rings. The van der Waals surface area contributed by atoms with E-state index >= 15 is 0 Å². The Kier molecular flexibility index (Phi) is 4.10. The molecular formula is C15H16Br2N2O2. The minimum atomic E-state index is -0.446. The highest BCUT2D eigenvalue weighted by atomic mass is 79.9. The number of halogens is 2. The first-order valence-electron chi connectivity index (χ1n) is 7.11. The third-order valence-electron chi connectivity index (χ3n) is 4.06. The van der Waals surface area contributed by atoms with E-state index in [1.807, 2.05) is 25.1 Å². The summed E-state index contributed by atoms with van der Waals surface area (Å²) in [6, 6.07) is 4.86. The molecule has 1 saturated carbocycles. The van der Waals surface area contributed by atoms with Crippen molar-refractivity contribution in [3.05, 3.63) is 27.1 Å². The molecule has 2 atom stereocenters. The zero-order chi connectivity index (χ0) is 15.1. The zero-order valence-electron chi connectivity index (χ0n) is 11.6. The molecule has 2 unspecified atom stereocenters. The Hall–Kier alpha value is -0.880. The summed E-state index contributed by atoms with van der Waals surface area (Å²) in [6.45, 7) is 1.92. The average molecular weight is 416 g/mol. The van der Waals surface area contributed by atoms with Crippen LogP contribution in [0.2, 0.25) is 0 Å². The summed E-state index contributed by atoms with van der Waals surface area (Å²) in [5.41, 5.74) is 0.752. The van der Waals surface area contributed by atoms with Crippen LogP contribution in [-0.2, 0) is 9.59 Å². The van der Waals surface area contributed by atoms with Crippen LogP contribution in [0.25, 0.3) is 0 Å². The largest absolute Gasteiger partial charge is 0.342 e. The summed E-state index contributed by atoms with van der Waals surface area (Å²) in [6.07, 6.45) is 2.62. The van der Waals surface area contributed by atoms with E-state index in [1.165, 1.54) is 0 Å². The Morgan fingerprint density at radius 1 is 1.29 bits per heavy atom. The van der Waals surface area contributed by atoms with Crippen LogP contribution >= 0.6 is 31.9 Å². The van der Waals surface area contributed by atoms with E-state index in [0.29, 0.717) is 12.3 Å². The van der Waals surface area contributed by atoms with Crippen LogP contribution in [0.5, 0.6) is 0 Å². The summed E-state index contributed by atoms with van der Waals surface area (Å²) in [7, 11) is 0. The fourth-order valence-corrected chi connectivity index (χ4v) is 3.59. The molecule has 6 heteroatoms. The van der Waals surface area contributed by atoms with Gasteiger partial charge in [-0.2, -0.15) is 0 Å². The van der Waals surface area contributed by atoms with Gasteiger partial charge in [-0.15, -0.1) is 0 Å². The van der Waals surface area contributed by atoms with Crippen LogP contribution in [0, 0.1) is 5.92 Å². The molecule has 2 aliphatic rings. The van der Waals surface area contributed by atoms with E-state index in [-0.39, 0.29) is 17.9 Å². The quantitative estimate of drug-likeness (QED) is 0.823. The van der Waals surface area contributed by atoms with Gasteiger partial charge in [0.1, 0.15) is 12.1 Å². The maximum absolute atomic E-state index is 12.9. The van der Waals surface area contributed by atoms with Gasteiger partial charge in [0.15, 0.2) is 0 Å². The van der Waals surface area contributed by atoms with Crippen LogP contribution in [0.15, 0.2) is 27.1 Å². The maximum atomic E-state index is 12.9. The van der Waals surface area contributed by atoms with Crippen molar-refractivity contribution in [1.82, 2.24) is 5.32 Å². The van der Waals surface area contributed by atoms with Crippen molar-refractivity contribution in [3.63, 3.8) is 0 Å². The Labute approximate surface area is 140 Å². The maximum Gasteiger partial charge on any atom is 0.250 e. The van der Waals surface area contributed by atoms with Crippen molar-refractivity contribution in [1.29, 1.82) is 0 Å². The highest BCUT2D eigenvalue weighted by molar-refractivity contribution is 9.11. The number of nitrogens with zero attached hydrogens (tertiary/aromatic N) is 1. The average Bonchev–Trinajstić information content (AvgIpc) is 3.28. The number of piperazine rings is 1. The second-order valence-electron chi connectivity index (χ2n) is 5.55. The number of anilines is 1. The fourth-order valence-electron chi connectivity index (χ4n) is 2.81. The van der Waals surface area contributed by atoms with Gasteiger partial charge < -0.3 is 5.32 Å². The molecule has 2 amide bonds. The van der Waals surface area contributed by atoms with Crippen LogP contribution in [0.1, 0.15) is 26.2 Å². The summed E-state index contributed by atoms with van der Waals surface area (Å²) in [5, 5.41) is 2.91. The van der Waals surface area contributed by atoms with Crippen molar-refractivity contribution < 1.29 is 9.59 Å². The summed E-state index contributed by atoms with van der Waals surface area (Å²) >= 11 is 6.93. The van der Waals surface area contributed by atoms with Gasteiger partial charge in [-0.05, 0) is 59.3 Å². The van der Waals surface area contributed by atoms with E-state index < -0.39 is 6.04 Å². The van der Waals surface area contributed by atoms with Gasteiger partial charge in [-0.1, -0.05) is 22.9 Å². The van der Waals surface area contributed by atoms with Gasteiger partial charge in [0.05, 0.1) is 5.69 Å². The van der Waals surface area contributed by atoms with E-state index in [4.69, 9.17) is 0 Å². The Morgan fingerprint density at radius 2 is 2.00 bits per heavy atom. The second kappa shape index (κ2) is 5.72. The first-order valence-corrected chi connectivity index (χ1v) is 8.70. The highest BCUT2D eigenvalue weighted by Crippen LogP contribution is 2.38. The topological polar surface area (TPSA) is 49.4 Å². The molecule has 1 aromatic carbocycles. The fraction of sp³-hybridized carbons (Fsp3) is 0.467.